The fourth-order valence-corrected chi connectivity index (χ4v) is 1.72. The van der Waals surface area contributed by atoms with Crippen molar-refractivity contribution in [2.75, 3.05) is 6.61 Å². The molecule has 1 aromatic rings. The molecule has 0 N–H and O–H groups in total. The predicted octanol–water partition coefficient (Wildman–Crippen LogP) is 2.22. The third-order valence-electron chi connectivity index (χ3n) is 2.70. The van der Waals surface area contributed by atoms with Gasteiger partial charge >= 0.3 is 6.09 Å². The number of benzene rings is 1. The van der Waals surface area contributed by atoms with Gasteiger partial charge in [-0.3, -0.25) is 9.59 Å². The van der Waals surface area contributed by atoms with Gasteiger partial charge in [-0.2, -0.15) is 4.90 Å². The van der Waals surface area contributed by atoms with Crippen LogP contribution in [0.25, 0.3) is 0 Å². The lowest BCUT2D eigenvalue weighted by Crippen LogP contribution is -2.36. The van der Waals surface area contributed by atoms with Crippen molar-refractivity contribution in [1.29, 1.82) is 0 Å². The first-order valence-corrected chi connectivity index (χ1v) is 5.81. The average Bonchev–Trinajstić information content (AvgIpc) is 2.63. The van der Waals surface area contributed by atoms with Crippen LogP contribution in [0.5, 0.6) is 0 Å². The van der Waals surface area contributed by atoms with Crippen LogP contribution in [-0.2, 0) is 4.74 Å². The van der Waals surface area contributed by atoms with Crippen LogP contribution in [-0.4, -0.2) is 29.4 Å². The van der Waals surface area contributed by atoms with Crippen LogP contribution in [0.2, 0.25) is 0 Å². The molecule has 1 aromatic carbocycles. The van der Waals surface area contributed by atoms with Gasteiger partial charge in [0.1, 0.15) is 0 Å². The van der Waals surface area contributed by atoms with Crippen LogP contribution in [0.3, 0.4) is 0 Å². The normalized spacial score (nSPS) is 13.7. The fourth-order valence-electron chi connectivity index (χ4n) is 1.72. The van der Waals surface area contributed by atoms with E-state index in [2.05, 4.69) is 0 Å². The van der Waals surface area contributed by atoms with Crippen LogP contribution in [0.4, 0.5) is 4.79 Å². The Hall–Kier alpha value is -2.17. The number of amides is 3. The summed E-state index contributed by atoms with van der Waals surface area (Å²) in [6.07, 6.45) is 0.680. The maximum absolute atomic E-state index is 11.9. The molecular weight excluding hydrogens is 234 g/mol. The Kier molecular flexibility index (Phi) is 3.41. The van der Waals surface area contributed by atoms with Crippen molar-refractivity contribution in [3.05, 3.63) is 35.4 Å². The number of carbonyl (C=O) groups excluding carboxylic acids is 3. The molecule has 1 heterocycles. The Labute approximate surface area is 104 Å². The average molecular weight is 247 g/mol. The summed E-state index contributed by atoms with van der Waals surface area (Å²) in [6, 6.07) is 6.34. The summed E-state index contributed by atoms with van der Waals surface area (Å²) in [4.78, 5) is 36.0. The molecule has 5 nitrogen and oxygen atoms in total. The number of carbonyl (C=O) groups is 3. The lowest BCUT2D eigenvalue weighted by molar-refractivity contribution is 0.0585. The van der Waals surface area contributed by atoms with E-state index in [1.165, 1.54) is 12.1 Å². The maximum Gasteiger partial charge on any atom is 0.424 e. The number of hydrogen-bond donors (Lipinski definition) is 0. The van der Waals surface area contributed by atoms with Crippen LogP contribution < -0.4 is 0 Å². The lowest BCUT2D eigenvalue weighted by atomic mass is 10.1. The molecule has 18 heavy (non-hydrogen) atoms. The molecule has 0 atom stereocenters. The van der Waals surface area contributed by atoms with E-state index in [0.717, 1.165) is 6.42 Å². The molecule has 0 fully saturated rings. The highest BCUT2D eigenvalue weighted by atomic mass is 16.6. The van der Waals surface area contributed by atoms with E-state index in [0.29, 0.717) is 11.3 Å². The second-order valence-corrected chi connectivity index (χ2v) is 3.96. The van der Waals surface area contributed by atoms with Crippen LogP contribution in [0.15, 0.2) is 24.3 Å². The first kappa shape index (κ1) is 12.3. The minimum absolute atomic E-state index is 0.211. The summed E-state index contributed by atoms with van der Waals surface area (Å²) < 4.78 is 4.88. The molecule has 1 aliphatic rings. The van der Waals surface area contributed by atoms with Crippen molar-refractivity contribution in [2.24, 2.45) is 0 Å². The van der Waals surface area contributed by atoms with E-state index in [-0.39, 0.29) is 17.7 Å². The van der Waals surface area contributed by atoms with Crippen molar-refractivity contribution in [3.8, 4) is 0 Å². The standard InChI is InChI=1S/C13H13NO4/c1-2-3-8-18-13(17)14-11(15)9-6-4-5-7-10(9)12(14)16/h4-7H,2-3,8H2,1H3. The summed E-state index contributed by atoms with van der Waals surface area (Å²) in [5.74, 6) is -1.23. The van der Waals surface area contributed by atoms with Crippen molar-refractivity contribution in [1.82, 2.24) is 4.90 Å². The summed E-state index contributed by atoms with van der Waals surface area (Å²) in [7, 11) is 0. The van der Waals surface area contributed by atoms with Crippen molar-refractivity contribution < 1.29 is 19.1 Å². The van der Waals surface area contributed by atoms with E-state index >= 15 is 0 Å². The summed E-state index contributed by atoms with van der Waals surface area (Å²) in [6.45, 7) is 2.17. The topological polar surface area (TPSA) is 63.7 Å². The van der Waals surface area contributed by atoms with Gasteiger partial charge < -0.3 is 4.74 Å². The Morgan fingerprint density at radius 2 is 1.72 bits per heavy atom. The van der Waals surface area contributed by atoms with Gasteiger partial charge in [0.15, 0.2) is 0 Å². The third-order valence-corrected chi connectivity index (χ3v) is 2.70. The second kappa shape index (κ2) is 5.00. The first-order valence-electron chi connectivity index (χ1n) is 5.81. The minimum atomic E-state index is -0.894. The summed E-state index contributed by atoms with van der Waals surface area (Å²) in [5, 5.41) is 0. The van der Waals surface area contributed by atoms with Gasteiger partial charge in [-0.25, -0.2) is 4.79 Å². The first-order chi connectivity index (χ1) is 8.66. The Morgan fingerprint density at radius 3 is 2.22 bits per heavy atom. The van der Waals surface area contributed by atoms with Gasteiger partial charge in [0.2, 0.25) is 0 Å². The number of rotatable bonds is 3. The molecule has 5 heteroatoms. The molecule has 0 unspecified atom stereocenters. The molecule has 0 aliphatic carbocycles. The van der Waals surface area contributed by atoms with Gasteiger partial charge in [-0.1, -0.05) is 25.5 Å². The summed E-state index contributed by atoms with van der Waals surface area (Å²) >= 11 is 0. The number of nitrogens with zero attached hydrogens (tertiary/aromatic N) is 1. The molecule has 0 saturated carbocycles. The van der Waals surface area contributed by atoms with E-state index < -0.39 is 17.9 Å². The number of ether oxygens (including phenoxy) is 1. The molecule has 1 aliphatic heterocycles. The number of hydrogen-bond acceptors (Lipinski definition) is 4. The van der Waals surface area contributed by atoms with Crippen molar-refractivity contribution in [3.63, 3.8) is 0 Å². The van der Waals surface area contributed by atoms with E-state index in [4.69, 9.17) is 4.74 Å². The van der Waals surface area contributed by atoms with Gasteiger partial charge in [-0.05, 0) is 18.6 Å². The fraction of sp³-hybridized carbons (Fsp3) is 0.308. The molecule has 0 bridgehead atoms. The molecule has 2 rings (SSSR count). The Morgan fingerprint density at radius 1 is 1.17 bits per heavy atom. The predicted molar refractivity (Wildman–Crippen MR) is 63.2 cm³/mol. The zero-order chi connectivity index (χ0) is 13.1. The van der Waals surface area contributed by atoms with Gasteiger partial charge in [-0.15, -0.1) is 0 Å². The molecule has 0 spiro atoms. The highest BCUT2D eigenvalue weighted by Gasteiger charge is 2.40. The minimum Gasteiger partial charge on any atom is -0.449 e. The van der Waals surface area contributed by atoms with Crippen LogP contribution in [0, 0.1) is 0 Å². The van der Waals surface area contributed by atoms with E-state index in [1.54, 1.807) is 12.1 Å². The van der Waals surface area contributed by atoms with E-state index in [9.17, 15) is 14.4 Å². The molecule has 0 aromatic heterocycles. The second-order valence-electron chi connectivity index (χ2n) is 3.96. The lowest BCUT2D eigenvalue weighted by Gasteiger charge is -2.11. The quantitative estimate of drug-likeness (QED) is 0.607. The Balaban J connectivity index is 2.16. The van der Waals surface area contributed by atoms with Gasteiger partial charge in [0.25, 0.3) is 11.8 Å². The SMILES string of the molecule is CCCCOC(=O)N1C(=O)c2ccccc2C1=O. The molecule has 0 saturated heterocycles. The highest BCUT2D eigenvalue weighted by molar-refractivity contribution is 6.27. The number of fused-ring (bicyclic) bond motifs is 1. The molecule has 0 radical (unpaired) electrons. The van der Waals surface area contributed by atoms with Crippen LogP contribution >= 0.6 is 0 Å². The summed E-state index contributed by atoms with van der Waals surface area (Å²) in [5.41, 5.74) is 0.491. The smallest absolute Gasteiger partial charge is 0.424 e. The molecule has 94 valence electrons. The van der Waals surface area contributed by atoms with E-state index in [1.807, 2.05) is 6.92 Å². The number of imide groups is 3. The zero-order valence-corrected chi connectivity index (χ0v) is 10.0. The maximum atomic E-state index is 11.9. The van der Waals surface area contributed by atoms with Gasteiger partial charge in [0, 0.05) is 0 Å². The van der Waals surface area contributed by atoms with Crippen molar-refractivity contribution in [2.45, 2.75) is 19.8 Å². The monoisotopic (exact) mass is 247 g/mol. The molecule has 3 amide bonds. The largest absolute Gasteiger partial charge is 0.449 e. The zero-order valence-electron chi connectivity index (χ0n) is 10.0. The van der Waals surface area contributed by atoms with Gasteiger partial charge in [0.05, 0.1) is 17.7 Å². The number of unbranched alkanes of at least 4 members (excludes halogenated alkanes) is 1. The van der Waals surface area contributed by atoms with Crippen molar-refractivity contribution >= 4 is 17.9 Å². The molecular formula is C13H13NO4. The Bertz CT molecular complexity index is 474. The highest BCUT2D eigenvalue weighted by Crippen LogP contribution is 2.22. The third kappa shape index (κ3) is 1.99. The van der Waals surface area contributed by atoms with Crippen LogP contribution in [0.1, 0.15) is 40.5 Å².